The van der Waals surface area contributed by atoms with Gasteiger partial charge in [0.2, 0.25) is 0 Å². The standard InChI is InChI=1S/C16H19NO2/c1-3-10-19-15-7-5-4-6-13(15)16(18)14-11-17-9-8-12(14)2/h4-9,11,16,18H,3,10H2,1-2H3. The van der Waals surface area contributed by atoms with E-state index < -0.39 is 6.10 Å². The molecule has 19 heavy (non-hydrogen) atoms. The number of hydrogen-bond acceptors (Lipinski definition) is 3. The predicted molar refractivity (Wildman–Crippen MR) is 75.3 cm³/mol. The lowest BCUT2D eigenvalue weighted by Gasteiger charge is -2.17. The molecule has 3 nitrogen and oxygen atoms in total. The molecule has 0 fully saturated rings. The molecule has 0 amide bonds. The Morgan fingerprint density at radius 1 is 1.21 bits per heavy atom. The number of benzene rings is 1. The van der Waals surface area contributed by atoms with Crippen molar-refractivity contribution in [1.29, 1.82) is 0 Å². The van der Waals surface area contributed by atoms with E-state index in [0.29, 0.717) is 6.61 Å². The van der Waals surface area contributed by atoms with Crippen LogP contribution in [0.5, 0.6) is 5.75 Å². The number of pyridine rings is 1. The van der Waals surface area contributed by atoms with Gasteiger partial charge in [0, 0.05) is 23.5 Å². The molecule has 1 heterocycles. The molecule has 1 unspecified atom stereocenters. The van der Waals surface area contributed by atoms with E-state index in [1.807, 2.05) is 37.3 Å². The van der Waals surface area contributed by atoms with E-state index in [9.17, 15) is 5.11 Å². The quantitative estimate of drug-likeness (QED) is 0.894. The number of aliphatic hydroxyl groups is 1. The zero-order chi connectivity index (χ0) is 13.7. The Morgan fingerprint density at radius 3 is 2.74 bits per heavy atom. The van der Waals surface area contributed by atoms with E-state index in [1.165, 1.54) is 0 Å². The summed E-state index contributed by atoms with van der Waals surface area (Å²) in [5, 5.41) is 10.5. The van der Waals surface area contributed by atoms with Gasteiger partial charge in [-0.1, -0.05) is 25.1 Å². The highest BCUT2D eigenvalue weighted by Crippen LogP contribution is 2.31. The maximum absolute atomic E-state index is 10.5. The van der Waals surface area contributed by atoms with Crippen molar-refractivity contribution in [2.45, 2.75) is 26.4 Å². The summed E-state index contributed by atoms with van der Waals surface area (Å²) >= 11 is 0. The fraction of sp³-hybridized carbons (Fsp3) is 0.312. The fourth-order valence-corrected chi connectivity index (χ4v) is 1.98. The molecule has 2 aromatic rings. The van der Waals surface area contributed by atoms with Crippen LogP contribution in [-0.2, 0) is 0 Å². The molecule has 0 saturated carbocycles. The third-order valence-corrected chi connectivity index (χ3v) is 3.05. The Bertz CT molecular complexity index is 540. The van der Waals surface area contributed by atoms with Gasteiger partial charge in [0.25, 0.3) is 0 Å². The summed E-state index contributed by atoms with van der Waals surface area (Å²) in [7, 11) is 0. The molecular weight excluding hydrogens is 238 g/mol. The zero-order valence-electron chi connectivity index (χ0n) is 11.3. The minimum Gasteiger partial charge on any atom is -0.493 e. The average Bonchev–Trinajstić information content (AvgIpc) is 2.45. The second-order valence-corrected chi connectivity index (χ2v) is 4.52. The SMILES string of the molecule is CCCOc1ccccc1C(O)c1cnccc1C. The molecule has 1 N–H and O–H groups in total. The van der Waals surface area contributed by atoms with Gasteiger partial charge in [-0.2, -0.15) is 0 Å². The van der Waals surface area contributed by atoms with Crippen LogP contribution in [0.4, 0.5) is 0 Å². The van der Waals surface area contributed by atoms with Crippen molar-refractivity contribution < 1.29 is 9.84 Å². The largest absolute Gasteiger partial charge is 0.493 e. The summed E-state index contributed by atoms with van der Waals surface area (Å²) in [5.41, 5.74) is 2.62. The Kier molecular flexibility index (Phi) is 4.53. The Hall–Kier alpha value is -1.87. The lowest BCUT2D eigenvalue weighted by atomic mass is 9.99. The first-order valence-corrected chi connectivity index (χ1v) is 6.54. The average molecular weight is 257 g/mol. The first-order valence-electron chi connectivity index (χ1n) is 6.54. The lowest BCUT2D eigenvalue weighted by molar-refractivity contribution is 0.209. The first kappa shape index (κ1) is 13.6. The summed E-state index contributed by atoms with van der Waals surface area (Å²) in [6.07, 6.45) is 3.67. The molecule has 1 atom stereocenters. The Morgan fingerprint density at radius 2 is 2.00 bits per heavy atom. The smallest absolute Gasteiger partial charge is 0.125 e. The van der Waals surface area contributed by atoms with Gasteiger partial charge in [0.1, 0.15) is 11.9 Å². The van der Waals surface area contributed by atoms with Crippen molar-refractivity contribution >= 4 is 0 Å². The van der Waals surface area contributed by atoms with Crippen molar-refractivity contribution in [3.05, 3.63) is 59.4 Å². The molecule has 1 aromatic heterocycles. The summed E-state index contributed by atoms with van der Waals surface area (Å²) in [6.45, 7) is 4.68. The van der Waals surface area contributed by atoms with Crippen molar-refractivity contribution in [2.24, 2.45) is 0 Å². The van der Waals surface area contributed by atoms with E-state index in [1.54, 1.807) is 12.4 Å². The number of rotatable bonds is 5. The zero-order valence-corrected chi connectivity index (χ0v) is 11.3. The molecule has 1 aromatic carbocycles. The maximum atomic E-state index is 10.5. The number of aryl methyl sites for hydroxylation is 1. The predicted octanol–water partition coefficient (Wildman–Crippen LogP) is 3.26. The van der Waals surface area contributed by atoms with Crippen LogP contribution in [0.25, 0.3) is 0 Å². The third-order valence-electron chi connectivity index (χ3n) is 3.05. The van der Waals surface area contributed by atoms with E-state index in [0.717, 1.165) is 28.9 Å². The van der Waals surface area contributed by atoms with Crippen LogP contribution < -0.4 is 4.74 Å². The van der Waals surface area contributed by atoms with Gasteiger partial charge in [-0.15, -0.1) is 0 Å². The number of para-hydroxylation sites is 1. The van der Waals surface area contributed by atoms with Gasteiger partial charge in [-0.25, -0.2) is 0 Å². The monoisotopic (exact) mass is 257 g/mol. The molecular formula is C16H19NO2. The van der Waals surface area contributed by atoms with Crippen molar-refractivity contribution in [2.75, 3.05) is 6.61 Å². The Balaban J connectivity index is 2.33. The second kappa shape index (κ2) is 6.34. The highest BCUT2D eigenvalue weighted by molar-refractivity contribution is 5.41. The molecule has 0 radical (unpaired) electrons. The van der Waals surface area contributed by atoms with Gasteiger partial charge in [0.05, 0.1) is 6.61 Å². The molecule has 3 heteroatoms. The number of nitrogens with zero attached hydrogens (tertiary/aromatic N) is 1. The van der Waals surface area contributed by atoms with Gasteiger partial charge in [-0.05, 0) is 31.0 Å². The van der Waals surface area contributed by atoms with Crippen LogP contribution in [-0.4, -0.2) is 16.7 Å². The number of ether oxygens (including phenoxy) is 1. The molecule has 0 bridgehead atoms. The van der Waals surface area contributed by atoms with Crippen LogP contribution in [0.1, 0.15) is 36.1 Å². The molecule has 2 rings (SSSR count). The third kappa shape index (κ3) is 3.12. The van der Waals surface area contributed by atoms with Gasteiger partial charge >= 0.3 is 0 Å². The first-order chi connectivity index (χ1) is 9.24. The van der Waals surface area contributed by atoms with Crippen LogP contribution >= 0.6 is 0 Å². The van der Waals surface area contributed by atoms with E-state index >= 15 is 0 Å². The summed E-state index contributed by atoms with van der Waals surface area (Å²) < 4.78 is 5.69. The highest BCUT2D eigenvalue weighted by atomic mass is 16.5. The molecule has 0 saturated heterocycles. The fourth-order valence-electron chi connectivity index (χ4n) is 1.98. The minimum atomic E-state index is -0.707. The molecule has 100 valence electrons. The maximum Gasteiger partial charge on any atom is 0.125 e. The van der Waals surface area contributed by atoms with Crippen LogP contribution in [0.15, 0.2) is 42.7 Å². The van der Waals surface area contributed by atoms with Crippen LogP contribution in [0.2, 0.25) is 0 Å². The number of aromatic nitrogens is 1. The van der Waals surface area contributed by atoms with Gasteiger partial charge in [-0.3, -0.25) is 4.98 Å². The Labute approximate surface area is 113 Å². The number of aliphatic hydroxyl groups excluding tert-OH is 1. The molecule has 0 aliphatic rings. The van der Waals surface area contributed by atoms with Crippen LogP contribution in [0.3, 0.4) is 0 Å². The van der Waals surface area contributed by atoms with Gasteiger partial charge in [0.15, 0.2) is 0 Å². The highest BCUT2D eigenvalue weighted by Gasteiger charge is 2.17. The summed E-state index contributed by atoms with van der Waals surface area (Å²) in [6, 6.07) is 9.50. The van der Waals surface area contributed by atoms with Crippen molar-refractivity contribution in [3.8, 4) is 5.75 Å². The van der Waals surface area contributed by atoms with Crippen molar-refractivity contribution in [3.63, 3.8) is 0 Å². The summed E-state index contributed by atoms with van der Waals surface area (Å²) in [4.78, 5) is 4.08. The number of hydrogen-bond donors (Lipinski definition) is 1. The van der Waals surface area contributed by atoms with E-state index in [-0.39, 0.29) is 0 Å². The minimum absolute atomic E-state index is 0.649. The van der Waals surface area contributed by atoms with Gasteiger partial charge < -0.3 is 9.84 Å². The normalized spacial score (nSPS) is 12.2. The van der Waals surface area contributed by atoms with E-state index in [2.05, 4.69) is 11.9 Å². The molecule has 0 spiro atoms. The molecule has 0 aliphatic carbocycles. The summed E-state index contributed by atoms with van der Waals surface area (Å²) in [5.74, 6) is 0.736. The lowest BCUT2D eigenvalue weighted by Crippen LogP contribution is -2.06. The van der Waals surface area contributed by atoms with E-state index in [4.69, 9.17) is 4.74 Å². The second-order valence-electron chi connectivity index (χ2n) is 4.52. The van der Waals surface area contributed by atoms with Crippen molar-refractivity contribution in [1.82, 2.24) is 4.98 Å². The van der Waals surface area contributed by atoms with Crippen LogP contribution in [0, 0.1) is 6.92 Å². The molecule has 0 aliphatic heterocycles. The topological polar surface area (TPSA) is 42.4 Å².